The number of hydrogen-bond acceptors (Lipinski definition) is 10. The third kappa shape index (κ3) is 6.92. The van der Waals surface area contributed by atoms with Crippen molar-refractivity contribution in [2.45, 2.75) is 19.0 Å². The lowest BCUT2D eigenvalue weighted by molar-refractivity contribution is -0.137. The van der Waals surface area contributed by atoms with E-state index in [0.717, 1.165) is 37.5 Å². The summed E-state index contributed by atoms with van der Waals surface area (Å²) < 4.78 is 45.8. The van der Waals surface area contributed by atoms with Crippen molar-refractivity contribution in [3.05, 3.63) is 18.0 Å². The van der Waals surface area contributed by atoms with E-state index in [9.17, 15) is 18.0 Å². The van der Waals surface area contributed by atoms with Gasteiger partial charge >= 0.3 is 6.18 Å². The van der Waals surface area contributed by atoms with Gasteiger partial charge in [-0.2, -0.15) is 18.2 Å². The van der Waals surface area contributed by atoms with Gasteiger partial charge in [-0.25, -0.2) is 9.97 Å². The van der Waals surface area contributed by atoms with Gasteiger partial charge in [-0.3, -0.25) is 4.79 Å². The van der Waals surface area contributed by atoms with Gasteiger partial charge in [-0.1, -0.05) is 11.3 Å². The highest BCUT2D eigenvalue weighted by atomic mass is 32.1. The molecule has 0 aliphatic carbocycles. The summed E-state index contributed by atoms with van der Waals surface area (Å²) in [6.07, 6.45) is -1.40. The number of nitrogens with zero attached hydrogens (tertiary/aromatic N) is 6. The summed E-state index contributed by atoms with van der Waals surface area (Å²) in [6, 6.07) is 0. The van der Waals surface area contributed by atoms with E-state index < -0.39 is 11.7 Å². The molecule has 35 heavy (non-hydrogen) atoms. The molecule has 4 rings (SSSR count). The minimum atomic E-state index is -4.60. The quantitative estimate of drug-likeness (QED) is 0.515. The van der Waals surface area contributed by atoms with Crippen LogP contribution in [0.25, 0.3) is 0 Å². The smallest absolute Gasteiger partial charge is 0.379 e. The standard InChI is InChI=1S/C21H29F3N8O2S/c1-30-6-8-32(9-7-30)20-27-14-16(35-20)28-19-26-13-15(21(22,23)24)18(29-19)25-4-2-5-31-10-12-34-11-3-17(31)33/h13-14H,2-12H2,1H3,(H2,25,26,28,29). The Morgan fingerprint density at radius 2 is 1.91 bits per heavy atom. The predicted molar refractivity (Wildman–Crippen MR) is 127 cm³/mol. The van der Waals surface area contributed by atoms with Gasteiger partial charge < -0.3 is 30.1 Å². The molecule has 10 nitrogen and oxygen atoms in total. The second-order valence-electron chi connectivity index (χ2n) is 8.40. The Morgan fingerprint density at radius 3 is 2.69 bits per heavy atom. The molecular formula is C21H29F3N8O2S. The van der Waals surface area contributed by atoms with Crippen molar-refractivity contribution in [1.82, 2.24) is 24.8 Å². The first-order valence-corrected chi connectivity index (χ1v) is 12.3. The summed E-state index contributed by atoms with van der Waals surface area (Å²) in [5.74, 6) is -0.259. The monoisotopic (exact) mass is 514 g/mol. The maximum Gasteiger partial charge on any atom is 0.421 e. The third-order valence-corrected chi connectivity index (χ3v) is 6.79. The Morgan fingerprint density at radius 1 is 1.11 bits per heavy atom. The molecule has 0 saturated carbocycles. The summed E-state index contributed by atoms with van der Waals surface area (Å²) in [6.45, 7) is 5.62. The van der Waals surface area contributed by atoms with Crippen molar-refractivity contribution < 1.29 is 22.7 Å². The van der Waals surface area contributed by atoms with E-state index in [1.807, 2.05) is 0 Å². The fraction of sp³-hybridized carbons (Fsp3) is 0.619. The number of hydrogen-bond donors (Lipinski definition) is 2. The molecule has 0 unspecified atom stereocenters. The molecule has 0 atom stereocenters. The number of ether oxygens (including phenoxy) is 1. The van der Waals surface area contributed by atoms with E-state index in [4.69, 9.17) is 4.74 Å². The lowest BCUT2D eigenvalue weighted by atomic mass is 10.3. The number of carbonyl (C=O) groups excluding carboxylic acids is 1. The largest absolute Gasteiger partial charge is 0.421 e. The Labute approximate surface area is 205 Å². The van der Waals surface area contributed by atoms with Crippen LogP contribution in [0.5, 0.6) is 0 Å². The highest BCUT2D eigenvalue weighted by molar-refractivity contribution is 7.19. The van der Waals surface area contributed by atoms with Crippen molar-refractivity contribution in [3.8, 4) is 0 Å². The van der Waals surface area contributed by atoms with Crippen LogP contribution in [0.3, 0.4) is 0 Å². The third-order valence-electron chi connectivity index (χ3n) is 5.81. The van der Waals surface area contributed by atoms with Crippen LogP contribution in [0.4, 0.5) is 35.1 Å². The second-order valence-corrected chi connectivity index (χ2v) is 9.41. The number of rotatable bonds is 8. The number of aromatic nitrogens is 3. The van der Waals surface area contributed by atoms with E-state index in [1.165, 1.54) is 11.3 Å². The summed E-state index contributed by atoms with van der Waals surface area (Å²) in [4.78, 5) is 30.5. The van der Waals surface area contributed by atoms with Gasteiger partial charge in [0.15, 0.2) is 5.13 Å². The highest BCUT2D eigenvalue weighted by Gasteiger charge is 2.35. The number of alkyl halides is 3. The van der Waals surface area contributed by atoms with E-state index in [0.29, 0.717) is 44.1 Å². The molecule has 192 valence electrons. The molecule has 2 aliphatic rings. The van der Waals surface area contributed by atoms with Crippen LogP contribution in [0.15, 0.2) is 12.4 Å². The Balaban J connectivity index is 1.38. The van der Waals surface area contributed by atoms with Gasteiger partial charge in [0.05, 0.1) is 25.8 Å². The molecule has 0 radical (unpaired) electrons. The van der Waals surface area contributed by atoms with E-state index in [2.05, 4.69) is 42.4 Å². The van der Waals surface area contributed by atoms with Gasteiger partial charge in [0.1, 0.15) is 16.4 Å². The van der Waals surface area contributed by atoms with Crippen LogP contribution < -0.4 is 15.5 Å². The molecule has 2 aromatic rings. The molecule has 2 aromatic heterocycles. The first kappa shape index (κ1) is 25.4. The van der Waals surface area contributed by atoms with E-state index in [1.54, 1.807) is 11.1 Å². The highest BCUT2D eigenvalue weighted by Crippen LogP contribution is 2.35. The second kappa shape index (κ2) is 11.4. The summed E-state index contributed by atoms with van der Waals surface area (Å²) in [5.41, 5.74) is -0.940. The molecule has 2 N–H and O–H groups in total. The van der Waals surface area contributed by atoms with Gasteiger partial charge in [0.2, 0.25) is 11.9 Å². The number of nitrogens with one attached hydrogen (secondary N) is 2. The number of halogens is 3. The molecule has 2 fully saturated rings. The molecule has 4 heterocycles. The molecule has 0 bridgehead atoms. The molecule has 1 amide bonds. The van der Waals surface area contributed by atoms with Gasteiger partial charge in [0.25, 0.3) is 0 Å². The van der Waals surface area contributed by atoms with Gasteiger partial charge in [0, 0.05) is 52.0 Å². The fourth-order valence-electron chi connectivity index (χ4n) is 3.79. The summed E-state index contributed by atoms with van der Waals surface area (Å²) in [5, 5.41) is 7.23. The molecule has 0 spiro atoms. The SMILES string of the molecule is CN1CCN(c2ncc(Nc3ncc(C(F)(F)F)c(NCCCN4CCOCCC4=O)n3)s2)CC1. The van der Waals surface area contributed by atoms with Crippen LogP contribution >= 0.6 is 11.3 Å². The zero-order valence-corrected chi connectivity index (χ0v) is 20.3. The van der Waals surface area contributed by atoms with Crippen LogP contribution in [0.1, 0.15) is 18.4 Å². The van der Waals surface area contributed by atoms with Gasteiger partial charge in [-0.05, 0) is 13.5 Å². The van der Waals surface area contributed by atoms with Gasteiger partial charge in [-0.15, -0.1) is 0 Å². The normalized spacial score (nSPS) is 18.0. The number of likely N-dealkylation sites (N-methyl/N-ethyl adjacent to an activating group) is 1. The maximum atomic E-state index is 13.5. The van der Waals surface area contributed by atoms with Crippen molar-refractivity contribution >= 4 is 39.1 Å². The minimum absolute atomic E-state index is 0.00694. The Hall–Kier alpha value is -2.71. The number of anilines is 4. The van der Waals surface area contributed by atoms with Crippen LogP contribution in [-0.2, 0) is 15.7 Å². The zero-order valence-electron chi connectivity index (χ0n) is 19.5. The lowest BCUT2D eigenvalue weighted by Crippen LogP contribution is -2.44. The predicted octanol–water partition coefficient (Wildman–Crippen LogP) is 2.50. The number of piperazine rings is 1. The molecule has 2 aliphatic heterocycles. The fourth-order valence-corrected chi connectivity index (χ4v) is 4.65. The zero-order chi connectivity index (χ0) is 24.8. The average molecular weight is 515 g/mol. The van der Waals surface area contributed by atoms with Crippen LogP contribution in [-0.4, -0.2) is 96.7 Å². The molecule has 2 saturated heterocycles. The van der Waals surface area contributed by atoms with Crippen molar-refractivity contribution in [1.29, 1.82) is 0 Å². The van der Waals surface area contributed by atoms with E-state index >= 15 is 0 Å². The minimum Gasteiger partial charge on any atom is -0.379 e. The Kier molecular flexibility index (Phi) is 8.23. The maximum absolute atomic E-state index is 13.5. The first-order chi connectivity index (χ1) is 16.8. The number of amides is 1. The number of thiazole rings is 1. The summed E-state index contributed by atoms with van der Waals surface area (Å²) >= 11 is 1.41. The topological polar surface area (TPSA) is 98.8 Å². The first-order valence-electron chi connectivity index (χ1n) is 11.5. The van der Waals surface area contributed by atoms with Crippen molar-refractivity contribution in [2.24, 2.45) is 0 Å². The lowest BCUT2D eigenvalue weighted by Gasteiger charge is -2.31. The molecule has 14 heteroatoms. The molecule has 0 aromatic carbocycles. The summed E-state index contributed by atoms with van der Waals surface area (Å²) in [7, 11) is 2.07. The van der Waals surface area contributed by atoms with Crippen LogP contribution in [0.2, 0.25) is 0 Å². The van der Waals surface area contributed by atoms with Crippen LogP contribution in [0, 0.1) is 0 Å². The molecular weight excluding hydrogens is 485 g/mol. The van der Waals surface area contributed by atoms with E-state index in [-0.39, 0.29) is 24.2 Å². The Bertz CT molecular complexity index is 997. The van der Waals surface area contributed by atoms with Crippen molar-refractivity contribution in [3.63, 3.8) is 0 Å². The van der Waals surface area contributed by atoms with Crippen molar-refractivity contribution in [2.75, 3.05) is 81.6 Å². The average Bonchev–Trinajstić information content (AvgIpc) is 3.18. The number of carbonyl (C=O) groups is 1.